The molecule has 1 aliphatic rings. The highest BCUT2D eigenvalue weighted by molar-refractivity contribution is 8.00. The van der Waals surface area contributed by atoms with Crippen molar-refractivity contribution in [1.82, 2.24) is 15.3 Å². The topological polar surface area (TPSA) is 54.9 Å². The van der Waals surface area contributed by atoms with Crippen LogP contribution in [0.25, 0.3) is 10.2 Å². The van der Waals surface area contributed by atoms with Crippen LogP contribution in [0.5, 0.6) is 0 Å². The summed E-state index contributed by atoms with van der Waals surface area (Å²) < 4.78 is 0. The zero-order valence-electron chi connectivity index (χ0n) is 17.7. The quantitative estimate of drug-likeness (QED) is 0.379. The summed E-state index contributed by atoms with van der Waals surface area (Å²) in [6, 6.07) is 10.6. The summed E-state index contributed by atoms with van der Waals surface area (Å²) in [6.07, 6.45) is 7.49. The van der Waals surface area contributed by atoms with E-state index in [1.807, 2.05) is 17.4 Å². The molecule has 0 fully saturated rings. The molecular formula is C24H29N3OS2. The molecule has 30 heavy (non-hydrogen) atoms. The standard InChI is InChI=1S/C24H29N3OS2/c1-3-20-26-23(22-18-11-7-8-12-19(18)30-24(22)27-20)29-15-21(28)25-16(2)13-14-17-9-5-4-6-10-17/h4-6,9-10,16H,3,7-8,11-15H2,1-2H3,(H,25,28)/t16-/m1/s1. The number of carbonyl (C=O) groups is 1. The maximum Gasteiger partial charge on any atom is 0.230 e. The summed E-state index contributed by atoms with van der Waals surface area (Å²) >= 11 is 3.39. The van der Waals surface area contributed by atoms with Gasteiger partial charge in [0, 0.05) is 22.7 Å². The zero-order valence-corrected chi connectivity index (χ0v) is 19.4. The summed E-state index contributed by atoms with van der Waals surface area (Å²) in [5, 5.41) is 5.35. The number of hydrogen-bond donors (Lipinski definition) is 1. The van der Waals surface area contributed by atoms with E-state index in [0.29, 0.717) is 5.75 Å². The third kappa shape index (κ3) is 5.03. The smallest absolute Gasteiger partial charge is 0.230 e. The average Bonchev–Trinajstić information content (AvgIpc) is 3.15. The van der Waals surface area contributed by atoms with Crippen molar-refractivity contribution >= 4 is 39.2 Å². The van der Waals surface area contributed by atoms with Crippen LogP contribution in [0.2, 0.25) is 0 Å². The third-order valence-corrected chi connectivity index (χ3v) is 7.76. The number of carbonyl (C=O) groups excluding carboxylic acids is 1. The van der Waals surface area contributed by atoms with E-state index in [4.69, 9.17) is 9.97 Å². The van der Waals surface area contributed by atoms with Crippen LogP contribution in [-0.2, 0) is 30.5 Å². The van der Waals surface area contributed by atoms with Gasteiger partial charge in [0.15, 0.2) is 0 Å². The monoisotopic (exact) mass is 439 g/mol. The van der Waals surface area contributed by atoms with Gasteiger partial charge in [-0.1, -0.05) is 49.0 Å². The van der Waals surface area contributed by atoms with Crippen molar-refractivity contribution in [2.45, 2.75) is 69.9 Å². The summed E-state index contributed by atoms with van der Waals surface area (Å²) in [4.78, 5) is 24.7. The molecule has 0 saturated heterocycles. The molecule has 1 amide bonds. The largest absolute Gasteiger partial charge is 0.353 e. The fourth-order valence-corrected chi connectivity index (χ4v) is 6.21. The Bertz CT molecular complexity index is 1020. The fourth-order valence-electron chi connectivity index (χ4n) is 3.98. The summed E-state index contributed by atoms with van der Waals surface area (Å²) in [5.41, 5.74) is 2.74. The predicted octanol–water partition coefficient (Wildman–Crippen LogP) is 5.36. The Morgan fingerprint density at radius 1 is 1.20 bits per heavy atom. The van der Waals surface area contributed by atoms with Gasteiger partial charge in [-0.2, -0.15) is 0 Å². The number of amides is 1. The molecule has 0 bridgehead atoms. The number of nitrogens with one attached hydrogen (secondary N) is 1. The fraction of sp³-hybridized carbons (Fsp3) is 0.458. The van der Waals surface area contributed by atoms with E-state index in [2.05, 4.69) is 43.4 Å². The first-order valence-corrected chi connectivity index (χ1v) is 12.7. The molecular weight excluding hydrogens is 410 g/mol. The molecule has 0 spiro atoms. The molecule has 4 rings (SSSR count). The first-order valence-electron chi connectivity index (χ1n) is 10.9. The summed E-state index contributed by atoms with van der Waals surface area (Å²) in [7, 11) is 0. The number of rotatable bonds is 8. The second-order valence-corrected chi connectivity index (χ2v) is 10.0. The molecule has 2 heterocycles. The highest BCUT2D eigenvalue weighted by atomic mass is 32.2. The van der Waals surface area contributed by atoms with Crippen molar-refractivity contribution in [2.75, 3.05) is 5.75 Å². The van der Waals surface area contributed by atoms with Gasteiger partial charge >= 0.3 is 0 Å². The van der Waals surface area contributed by atoms with Crippen LogP contribution in [0, 0.1) is 0 Å². The third-order valence-electron chi connectivity index (χ3n) is 5.60. The van der Waals surface area contributed by atoms with Crippen LogP contribution >= 0.6 is 23.1 Å². The van der Waals surface area contributed by atoms with Crippen molar-refractivity contribution in [1.29, 1.82) is 0 Å². The van der Waals surface area contributed by atoms with Crippen molar-refractivity contribution in [3.8, 4) is 0 Å². The lowest BCUT2D eigenvalue weighted by Gasteiger charge is -2.14. The van der Waals surface area contributed by atoms with E-state index in [1.165, 1.54) is 34.2 Å². The molecule has 158 valence electrons. The SMILES string of the molecule is CCc1nc(SCC(=O)N[C@H](C)CCc2ccccc2)c2c3c(sc2n1)CCCC3. The number of thioether (sulfide) groups is 1. The Labute approximate surface area is 186 Å². The van der Waals surface area contributed by atoms with E-state index in [1.54, 1.807) is 11.8 Å². The molecule has 1 aromatic carbocycles. The van der Waals surface area contributed by atoms with E-state index in [-0.39, 0.29) is 11.9 Å². The molecule has 1 atom stereocenters. The van der Waals surface area contributed by atoms with Gasteiger partial charge in [0.2, 0.25) is 5.91 Å². The van der Waals surface area contributed by atoms with Crippen LogP contribution in [0.3, 0.4) is 0 Å². The maximum atomic E-state index is 12.6. The normalized spacial score (nSPS) is 14.5. The number of aryl methyl sites for hydroxylation is 4. The van der Waals surface area contributed by atoms with Gasteiger partial charge in [-0.05, 0) is 56.6 Å². The van der Waals surface area contributed by atoms with Crippen molar-refractivity contribution in [3.05, 3.63) is 52.2 Å². The van der Waals surface area contributed by atoms with Crippen LogP contribution in [-0.4, -0.2) is 27.7 Å². The highest BCUT2D eigenvalue weighted by Crippen LogP contribution is 2.39. The molecule has 0 unspecified atom stereocenters. The molecule has 1 aliphatic carbocycles. The average molecular weight is 440 g/mol. The molecule has 6 heteroatoms. The first kappa shape index (κ1) is 21.3. The van der Waals surface area contributed by atoms with Crippen molar-refractivity contribution in [3.63, 3.8) is 0 Å². The summed E-state index contributed by atoms with van der Waals surface area (Å²) in [6.45, 7) is 4.17. The number of benzene rings is 1. The molecule has 1 N–H and O–H groups in total. The Morgan fingerprint density at radius 2 is 2.00 bits per heavy atom. The van der Waals surface area contributed by atoms with E-state index in [0.717, 1.165) is 47.8 Å². The van der Waals surface area contributed by atoms with Crippen molar-refractivity contribution in [2.24, 2.45) is 0 Å². The van der Waals surface area contributed by atoms with Gasteiger partial charge in [0.05, 0.1) is 5.75 Å². The Balaban J connectivity index is 1.40. The molecule has 2 aromatic heterocycles. The van der Waals surface area contributed by atoms with E-state index in [9.17, 15) is 4.79 Å². The highest BCUT2D eigenvalue weighted by Gasteiger charge is 2.21. The number of hydrogen-bond acceptors (Lipinski definition) is 5. The lowest BCUT2D eigenvalue weighted by Crippen LogP contribution is -2.34. The molecule has 0 aliphatic heterocycles. The van der Waals surface area contributed by atoms with Gasteiger partial charge in [-0.3, -0.25) is 4.79 Å². The van der Waals surface area contributed by atoms with Crippen LogP contribution in [0.15, 0.2) is 35.4 Å². The maximum absolute atomic E-state index is 12.6. The zero-order chi connectivity index (χ0) is 20.9. The minimum absolute atomic E-state index is 0.0782. The van der Waals surface area contributed by atoms with E-state index >= 15 is 0 Å². The predicted molar refractivity (Wildman–Crippen MR) is 127 cm³/mol. The molecule has 0 radical (unpaired) electrons. The first-order chi connectivity index (χ1) is 14.6. The Morgan fingerprint density at radius 3 is 2.80 bits per heavy atom. The van der Waals surface area contributed by atoms with E-state index < -0.39 is 0 Å². The minimum atomic E-state index is 0.0782. The lowest BCUT2D eigenvalue weighted by atomic mass is 9.97. The van der Waals surface area contributed by atoms with Crippen LogP contribution < -0.4 is 5.32 Å². The molecule has 4 nitrogen and oxygen atoms in total. The van der Waals surface area contributed by atoms with Crippen molar-refractivity contribution < 1.29 is 4.79 Å². The van der Waals surface area contributed by atoms with Crippen LogP contribution in [0.4, 0.5) is 0 Å². The van der Waals surface area contributed by atoms with Gasteiger partial charge in [-0.15, -0.1) is 11.3 Å². The lowest BCUT2D eigenvalue weighted by molar-refractivity contribution is -0.119. The number of nitrogens with zero attached hydrogens (tertiary/aromatic N) is 2. The molecule has 3 aromatic rings. The van der Waals surface area contributed by atoms with Crippen LogP contribution in [0.1, 0.15) is 54.9 Å². The van der Waals surface area contributed by atoms with Gasteiger partial charge in [0.25, 0.3) is 0 Å². The minimum Gasteiger partial charge on any atom is -0.353 e. The van der Waals surface area contributed by atoms with Gasteiger partial charge in [-0.25, -0.2) is 9.97 Å². The number of fused-ring (bicyclic) bond motifs is 3. The molecule has 0 saturated carbocycles. The van der Waals surface area contributed by atoms with Gasteiger partial charge in [0.1, 0.15) is 15.7 Å². The number of thiophene rings is 1. The van der Waals surface area contributed by atoms with Gasteiger partial charge < -0.3 is 5.32 Å². The number of aromatic nitrogens is 2. The second kappa shape index (κ2) is 9.92. The Hall–Kier alpha value is -1.92. The Kier molecular flexibility index (Phi) is 7.05. The second-order valence-electron chi connectivity index (χ2n) is 7.97. The summed E-state index contributed by atoms with van der Waals surface area (Å²) in [5.74, 6) is 1.35.